The van der Waals surface area contributed by atoms with Crippen molar-refractivity contribution in [1.82, 2.24) is 15.1 Å². The fourth-order valence-electron chi connectivity index (χ4n) is 5.01. The number of likely N-dealkylation sites (tertiary alicyclic amines) is 1. The largest absolute Gasteiger partial charge is 0.377 e. The molecule has 0 aromatic heterocycles. The lowest BCUT2D eigenvalue weighted by atomic mass is 9.73. The number of benzene rings is 1. The summed E-state index contributed by atoms with van der Waals surface area (Å²) in [6, 6.07) is 8.86. The Balaban J connectivity index is 1.46. The van der Waals surface area contributed by atoms with Gasteiger partial charge in [-0.05, 0) is 56.3 Å². The molecule has 1 aromatic carbocycles. The molecule has 142 valence electrons. The van der Waals surface area contributed by atoms with Gasteiger partial charge in [-0.1, -0.05) is 24.3 Å². The number of urea groups is 1. The van der Waals surface area contributed by atoms with E-state index in [1.165, 1.54) is 36.8 Å². The van der Waals surface area contributed by atoms with Gasteiger partial charge in [-0.2, -0.15) is 0 Å². The van der Waals surface area contributed by atoms with Gasteiger partial charge in [-0.3, -0.25) is 0 Å². The van der Waals surface area contributed by atoms with E-state index in [-0.39, 0.29) is 17.5 Å². The third kappa shape index (κ3) is 3.35. The summed E-state index contributed by atoms with van der Waals surface area (Å²) >= 11 is 0. The van der Waals surface area contributed by atoms with Gasteiger partial charge in [0.1, 0.15) is 0 Å². The minimum Gasteiger partial charge on any atom is -0.377 e. The van der Waals surface area contributed by atoms with Crippen molar-refractivity contribution in [2.24, 2.45) is 0 Å². The van der Waals surface area contributed by atoms with Crippen LogP contribution in [0.3, 0.4) is 0 Å². The first-order chi connectivity index (χ1) is 12.6. The third-order valence-corrected chi connectivity index (χ3v) is 6.51. The summed E-state index contributed by atoms with van der Waals surface area (Å²) in [4.78, 5) is 16.4. The zero-order valence-corrected chi connectivity index (χ0v) is 16.0. The molecule has 0 radical (unpaired) electrons. The average Bonchev–Trinajstić information content (AvgIpc) is 3.25. The highest BCUT2D eigenvalue weighted by Gasteiger charge is 2.45. The van der Waals surface area contributed by atoms with Gasteiger partial charge in [-0.25, -0.2) is 4.79 Å². The van der Waals surface area contributed by atoms with Crippen LogP contribution in [0.1, 0.15) is 49.3 Å². The van der Waals surface area contributed by atoms with E-state index in [1.54, 1.807) is 19.0 Å². The summed E-state index contributed by atoms with van der Waals surface area (Å²) in [5.74, 6) is 0. The molecule has 2 unspecified atom stereocenters. The van der Waals surface area contributed by atoms with Crippen LogP contribution in [-0.2, 0) is 10.2 Å². The Morgan fingerprint density at radius 1 is 1.31 bits per heavy atom. The number of fused-ring (bicyclic) bond motifs is 2. The minimum atomic E-state index is -0.00216. The Morgan fingerprint density at radius 2 is 2.08 bits per heavy atom. The van der Waals surface area contributed by atoms with Gasteiger partial charge in [-0.15, -0.1) is 0 Å². The Hall–Kier alpha value is -1.59. The minimum absolute atomic E-state index is 0.00216. The van der Waals surface area contributed by atoms with Crippen molar-refractivity contribution in [3.63, 3.8) is 0 Å². The first-order valence-electron chi connectivity index (χ1n) is 9.99. The Morgan fingerprint density at radius 3 is 2.77 bits per heavy atom. The first-order valence-corrected chi connectivity index (χ1v) is 9.99. The van der Waals surface area contributed by atoms with Crippen molar-refractivity contribution >= 4 is 6.03 Å². The Kier molecular flexibility index (Phi) is 4.93. The highest BCUT2D eigenvalue weighted by atomic mass is 16.5. The molecule has 2 fully saturated rings. The number of nitrogens with zero attached hydrogens (tertiary/aromatic N) is 2. The van der Waals surface area contributed by atoms with Gasteiger partial charge < -0.3 is 19.9 Å². The third-order valence-electron chi connectivity index (χ3n) is 6.51. The number of amides is 2. The number of nitrogens with one attached hydrogen (secondary N) is 1. The molecule has 1 spiro atoms. The molecule has 26 heavy (non-hydrogen) atoms. The molecule has 0 bridgehead atoms. The second-order valence-corrected chi connectivity index (χ2v) is 8.40. The van der Waals surface area contributed by atoms with Crippen molar-refractivity contribution in [3.05, 3.63) is 35.4 Å². The van der Waals surface area contributed by atoms with Crippen LogP contribution < -0.4 is 5.32 Å². The van der Waals surface area contributed by atoms with Gasteiger partial charge in [0.15, 0.2) is 0 Å². The zero-order valence-electron chi connectivity index (χ0n) is 16.0. The zero-order chi connectivity index (χ0) is 18.1. The van der Waals surface area contributed by atoms with Crippen LogP contribution in [0, 0.1) is 0 Å². The molecule has 1 aromatic rings. The summed E-state index contributed by atoms with van der Waals surface area (Å²) in [7, 11) is 3.60. The van der Waals surface area contributed by atoms with Crippen molar-refractivity contribution in [2.75, 3.05) is 40.3 Å². The molecule has 1 N–H and O–H groups in total. The predicted molar refractivity (Wildman–Crippen MR) is 102 cm³/mol. The van der Waals surface area contributed by atoms with E-state index in [0.717, 1.165) is 32.7 Å². The molecule has 2 atom stereocenters. The van der Waals surface area contributed by atoms with Gasteiger partial charge in [0.25, 0.3) is 0 Å². The van der Waals surface area contributed by atoms with Crippen LogP contribution in [0.5, 0.6) is 0 Å². The molecule has 5 nitrogen and oxygen atoms in total. The lowest BCUT2D eigenvalue weighted by Gasteiger charge is -2.41. The molecule has 2 saturated heterocycles. The van der Waals surface area contributed by atoms with Crippen LogP contribution in [0.2, 0.25) is 0 Å². The SMILES string of the molecule is CN(C)C(=O)NC1CC2(CCN(CC3CCCO3)CC2)c2ccccc21. The van der Waals surface area contributed by atoms with E-state index in [9.17, 15) is 4.79 Å². The predicted octanol–water partition coefficient (Wildman–Crippen LogP) is 2.92. The van der Waals surface area contributed by atoms with Crippen molar-refractivity contribution in [1.29, 1.82) is 0 Å². The van der Waals surface area contributed by atoms with Crippen LogP contribution in [0.15, 0.2) is 24.3 Å². The Labute approximate surface area is 156 Å². The summed E-state index contributed by atoms with van der Waals surface area (Å²) < 4.78 is 5.82. The number of ether oxygens (including phenoxy) is 1. The summed E-state index contributed by atoms with van der Waals surface area (Å²) in [6.07, 6.45) is 6.23. The van der Waals surface area contributed by atoms with E-state index < -0.39 is 0 Å². The number of carbonyl (C=O) groups excluding carboxylic acids is 1. The summed E-state index contributed by atoms with van der Waals surface area (Å²) in [5.41, 5.74) is 2.99. The summed E-state index contributed by atoms with van der Waals surface area (Å²) in [6.45, 7) is 4.27. The lowest BCUT2D eigenvalue weighted by Crippen LogP contribution is -2.45. The topological polar surface area (TPSA) is 44.8 Å². The van der Waals surface area contributed by atoms with Gasteiger partial charge in [0.05, 0.1) is 12.1 Å². The van der Waals surface area contributed by atoms with E-state index in [1.807, 2.05) is 0 Å². The lowest BCUT2D eigenvalue weighted by molar-refractivity contribution is 0.0543. The van der Waals surface area contributed by atoms with Crippen LogP contribution in [-0.4, -0.2) is 62.3 Å². The average molecular weight is 357 g/mol. The number of rotatable bonds is 3. The van der Waals surface area contributed by atoms with Gasteiger partial charge in [0.2, 0.25) is 0 Å². The standard InChI is InChI=1S/C21H31N3O2/c1-23(2)20(25)22-19-14-21(18-8-4-3-7-17(18)19)9-11-24(12-10-21)15-16-6-5-13-26-16/h3-4,7-8,16,19H,5-6,9-15H2,1-2H3,(H,22,25). The summed E-state index contributed by atoms with van der Waals surface area (Å²) in [5, 5.41) is 3.23. The van der Waals surface area contributed by atoms with Crippen LogP contribution in [0.4, 0.5) is 4.79 Å². The molecule has 2 heterocycles. The maximum atomic E-state index is 12.2. The fourth-order valence-corrected chi connectivity index (χ4v) is 5.01. The monoisotopic (exact) mass is 357 g/mol. The van der Waals surface area contributed by atoms with E-state index in [2.05, 4.69) is 34.5 Å². The highest BCUT2D eigenvalue weighted by molar-refractivity contribution is 5.74. The molecule has 3 aliphatic rings. The van der Waals surface area contributed by atoms with E-state index >= 15 is 0 Å². The van der Waals surface area contributed by atoms with Crippen molar-refractivity contribution < 1.29 is 9.53 Å². The van der Waals surface area contributed by atoms with E-state index in [0.29, 0.717) is 6.10 Å². The van der Waals surface area contributed by atoms with E-state index in [4.69, 9.17) is 4.74 Å². The quantitative estimate of drug-likeness (QED) is 0.905. The highest BCUT2D eigenvalue weighted by Crippen LogP contribution is 2.50. The Bertz CT molecular complexity index is 646. The van der Waals surface area contributed by atoms with Crippen LogP contribution in [0.25, 0.3) is 0 Å². The second-order valence-electron chi connectivity index (χ2n) is 8.40. The number of hydrogen-bond acceptors (Lipinski definition) is 3. The number of piperidine rings is 1. The molecule has 5 heteroatoms. The van der Waals surface area contributed by atoms with Gasteiger partial charge in [0, 0.05) is 32.7 Å². The van der Waals surface area contributed by atoms with Crippen molar-refractivity contribution in [3.8, 4) is 0 Å². The smallest absolute Gasteiger partial charge is 0.317 e. The molecular weight excluding hydrogens is 326 g/mol. The normalized spacial score (nSPS) is 27.5. The fraction of sp³-hybridized carbons (Fsp3) is 0.667. The maximum absolute atomic E-state index is 12.2. The molecule has 2 amide bonds. The van der Waals surface area contributed by atoms with Crippen LogP contribution >= 0.6 is 0 Å². The van der Waals surface area contributed by atoms with Gasteiger partial charge >= 0.3 is 6.03 Å². The second kappa shape index (κ2) is 7.20. The maximum Gasteiger partial charge on any atom is 0.317 e. The first kappa shape index (κ1) is 17.8. The number of carbonyl (C=O) groups is 1. The van der Waals surface area contributed by atoms with Crippen molar-refractivity contribution in [2.45, 2.75) is 49.7 Å². The molecule has 2 aliphatic heterocycles. The molecule has 0 saturated carbocycles. The number of hydrogen-bond donors (Lipinski definition) is 1. The molecular formula is C21H31N3O2. The molecule has 4 rings (SSSR count). The molecule has 1 aliphatic carbocycles.